The third kappa shape index (κ3) is 3.54. The van der Waals surface area contributed by atoms with Crippen molar-refractivity contribution in [3.8, 4) is 5.75 Å². The molecule has 23 heavy (non-hydrogen) atoms. The average Bonchev–Trinajstić information content (AvgIpc) is 2.59. The molecule has 4 heteroatoms. The number of carbonyl (C=O) groups excluding carboxylic acids is 1. The van der Waals surface area contributed by atoms with Crippen LogP contribution in [-0.2, 0) is 15.1 Å². The van der Waals surface area contributed by atoms with Crippen molar-refractivity contribution >= 4 is 5.91 Å². The van der Waals surface area contributed by atoms with Gasteiger partial charge in [-0.25, -0.2) is 0 Å². The first-order chi connectivity index (χ1) is 11.0. The van der Waals surface area contributed by atoms with E-state index >= 15 is 0 Å². The second-order valence-corrected chi connectivity index (χ2v) is 5.53. The van der Waals surface area contributed by atoms with Crippen LogP contribution in [-0.4, -0.2) is 26.7 Å². The quantitative estimate of drug-likeness (QED) is 0.892. The maximum atomic E-state index is 12.5. The molecule has 4 nitrogen and oxygen atoms in total. The van der Waals surface area contributed by atoms with Gasteiger partial charge in [0.05, 0.1) is 0 Å². The second-order valence-electron chi connectivity index (χ2n) is 5.53. The van der Waals surface area contributed by atoms with Crippen molar-refractivity contribution in [2.24, 2.45) is 0 Å². The van der Waals surface area contributed by atoms with E-state index in [1.165, 1.54) is 7.11 Å². The number of ether oxygens (including phenoxy) is 2. The zero-order valence-corrected chi connectivity index (χ0v) is 14.1. The van der Waals surface area contributed by atoms with Gasteiger partial charge in [0.15, 0.2) is 0 Å². The Morgan fingerprint density at radius 3 is 2.43 bits per heavy atom. The van der Waals surface area contributed by atoms with Crippen LogP contribution >= 0.6 is 0 Å². The molecule has 1 atom stereocenters. The Kier molecular flexibility index (Phi) is 5.40. The highest BCUT2D eigenvalue weighted by Gasteiger charge is 2.41. The number of aryl methyl sites for hydroxylation is 2. The zero-order valence-electron chi connectivity index (χ0n) is 14.1. The predicted octanol–water partition coefficient (Wildman–Crippen LogP) is 2.97. The fraction of sp³-hybridized carbons (Fsp3) is 0.316. The van der Waals surface area contributed by atoms with E-state index in [9.17, 15) is 4.79 Å². The third-order valence-corrected chi connectivity index (χ3v) is 3.96. The van der Waals surface area contributed by atoms with Crippen molar-refractivity contribution < 1.29 is 14.3 Å². The Morgan fingerprint density at radius 2 is 1.83 bits per heavy atom. The number of benzene rings is 2. The monoisotopic (exact) mass is 313 g/mol. The van der Waals surface area contributed by atoms with Crippen LogP contribution in [0.2, 0.25) is 0 Å². The summed E-state index contributed by atoms with van der Waals surface area (Å²) < 4.78 is 11.6. The van der Waals surface area contributed by atoms with Gasteiger partial charge >= 0.3 is 0 Å². The smallest absolute Gasteiger partial charge is 0.260 e. The van der Waals surface area contributed by atoms with Crippen LogP contribution in [0.1, 0.15) is 16.7 Å². The fourth-order valence-corrected chi connectivity index (χ4v) is 2.50. The summed E-state index contributed by atoms with van der Waals surface area (Å²) in [5.41, 5.74) is 1.69. The molecule has 0 bridgehead atoms. The molecule has 0 radical (unpaired) electrons. The van der Waals surface area contributed by atoms with Crippen molar-refractivity contribution in [1.29, 1.82) is 0 Å². The number of hydrogen-bond acceptors (Lipinski definition) is 3. The van der Waals surface area contributed by atoms with Gasteiger partial charge in [-0.3, -0.25) is 4.79 Å². The van der Waals surface area contributed by atoms with Gasteiger partial charge in [0.25, 0.3) is 5.91 Å². The van der Waals surface area contributed by atoms with Gasteiger partial charge in [-0.15, -0.1) is 0 Å². The van der Waals surface area contributed by atoms with E-state index in [2.05, 4.69) is 5.32 Å². The van der Waals surface area contributed by atoms with Crippen LogP contribution < -0.4 is 10.1 Å². The highest BCUT2D eigenvalue weighted by Crippen LogP contribution is 2.28. The van der Waals surface area contributed by atoms with E-state index in [0.29, 0.717) is 0 Å². The summed E-state index contributed by atoms with van der Waals surface area (Å²) in [6.07, 6.45) is 0. The van der Waals surface area contributed by atoms with E-state index < -0.39 is 5.60 Å². The number of hydrogen-bond donors (Lipinski definition) is 1. The summed E-state index contributed by atoms with van der Waals surface area (Å²) in [6, 6.07) is 15.4. The second kappa shape index (κ2) is 7.29. The lowest BCUT2D eigenvalue weighted by atomic mass is 9.93. The topological polar surface area (TPSA) is 47.6 Å². The molecule has 0 fully saturated rings. The van der Waals surface area contributed by atoms with Gasteiger partial charge in [0, 0.05) is 14.2 Å². The normalized spacial score (nSPS) is 13.2. The molecular weight excluding hydrogens is 290 g/mol. The lowest BCUT2D eigenvalue weighted by Gasteiger charge is -2.31. The van der Waals surface area contributed by atoms with Gasteiger partial charge in [0.2, 0.25) is 5.60 Å². The van der Waals surface area contributed by atoms with Crippen LogP contribution in [0.15, 0.2) is 48.5 Å². The van der Waals surface area contributed by atoms with Crippen molar-refractivity contribution in [1.82, 2.24) is 5.32 Å². The van der Waals surface area contributed by atoms with Crippen molar-refractivity contribution in [2.75, 3.05) is 20.8 Å². The molecule has 0 aliphatic rings. The average molecular weight is 313 g/mol. The third-order valence-electron chi connectivity index (χ3n) is 3.96. The largest absolute Gasteiger partial charge is 0.489 e. The minimum atomic E-state index is -1.19. The minimum Gasteiger partial charge on any atom is -0.489 e. The van der Waals surface area contributed by atoms with Crippen molar-refractivity contribution in [3.05, 3.63) is 65.2 Å². The Bertz CT molecular complexity index is 670. The summed E-state index contributed by atoms with van der Waals surface area (Å²) >= 11 is 0. The first kappa shape index (κ1) is 17.0. The number of likely N-dealkylation sites (N-methyl/N-ethyl adjacent to an activating group) is 1. The number of methoxy groups -OCH3 is 1. The molecule has 1 amide bonds. The Hall–Kier alpha value is -2.33. The predicted molar refractivity (Wildman–Crippen MR) is 90.6 cm³/mol. The summed E-state index contributed by atoms with van der Waals surface area (Å²) in [5, 5.41) is 2.67. The SMILES string of the molecule is CNC(=O)C(COc1cc(C)ccc1C)(OC)c1ccccc1. The van der Waals surface area contributed by atoms with E-state index in [-0.39, 0.29) is 12.5 Å². The summed E-state index contributed by atoms with van der Waals surface area (Å²) in [6.45, 7) is 4.08. The van der Waals surface area contributed by atoms with E-state index in [1.54, 1.807) is 7.05 Å². The summed E-state index contributed by atoms with van der Waals surface area (Å²) in [7, 11) is 3.12. The van der Waals surface area contributed by atoms with Gasteiger partial charge in [-0.05, 0) is 36.6 Å². The first-order valence-corrected chi connectivity index (χ1v) is 7.56. The maximum Gasteiger partial charge on any atom is 0.260 e. The van der Waals surface area contributed by atoms with Crippen molar-refractivity contribution in [2.45, 2.75) is 19.4 Å². The summed E-state index contributed by atoms with van der Waals surface area (Å²) in [5.74, 6) is 0.516. The van der Waals surface area contributed by atoms with E-state index in [1.807, 2.05) is 62.4 Å². The molecule has 122 valence electrons. The standard InChI is InChI=1S/C19H23NO3/c1-14-10-11-15(2)17(12-14)23-13-19(22-4,18(21)20-3)16-8-6-5-7-9-16/h5-12H,13H2,1-4H3,(H,20,21). The molecule has 0 saturated carbocycles. The maximum absolute atomic E-state index is 12.5. The van der Waals surface area contributed by atoms with Gasteiger partial charge in [0.1, 0.15) is 12.4 Å². The molecule has 2 aromatic rings. The Morgan fingerprint density at radius 1 is 1.13 bits per heavy atom. The minimum absolute atomic E-state index is 0.0947. The Balaban J connectivity index is 2.35. The number of amides is 1. The molecule has 0 aliphatic carbocycles. The number of nitrogens with one attached hydrogen (secondary N) is 1. The Labute approximate surface area is 137 Å². The zero-order chi connectivity index (χ0) is 16.9. The van der Waals surface area contributed by atoms with Crippen LogP contribution in [0.25, 0.3) is 0 Å². The van der Waals surface area contributed by atoms with Crippen LogP contribution in [0.3, 0.4) is 0 Å². The van der Waals surface area contributed by atoms with Gasteiger partial charge in [-0.1, -0.05) is 42.5 Å². The molecule has 0 aromatic heterocycles. The van der Waals surface area contributed by atoms with Crippen LogP contribution in [0, 0.1) is 13.8 Å². The molecule has 0 spiro atoms. The molecule has 2 aromatic carbocycles. The highest BCUT2D eigenvalue weighted by atomic mass is 16.5. The lowest BCUT2D eigenvalue weighted by molar-refractivity contribution is -0.148. The molecule has 1 N–H and O–H groups in total. The van der Waals surface area contributed by atoms with Crippen LogP contribution in [0.5, 0.6) is 5.75 Å². The molecule has 1 unspecified atom stereocenters. The lowest BCUT2D eigenvalue weighted by Crippen LogP contribution is -2.49. The molecule has 2 rings (SSSR count). The number of rotatable bonds is 6. The van der Waals surface area contributed by atoms with Gasteiger partial charge < -0.3 is 14.8 Å². The first-order valence-electron chi connectivity index (χ1n) is 7.56. The van der Waals surface area contributed by atoms with Crippen LogP contribution in [0.4, 0.5) is 0 Å². The van der Waals surface area contributed by atoms with Crippen molar-refractivity contribution in [3.63, 3.8) is 0 Å². The number of carbonyl (C=O) groups is 1. The van der Waals surface area contributed by atoms with Gasteiger partial charge in [-0.2, -0.15) is 0 Å². The molecule has 0 saturated heterocycles. The molecule has 0 heterocycles. The fourth-order valence-electron chi connectivity index (χ4n) is 2.50. The van der Waals surface area contributed by atoms with E-state index in [0.717, 1.165) is 22.4 Å². The van der Waals surface area contributed by atoms with E-state index in [4.69, 9.17) is 9.47 Å². The molecular formula is C19H23NO3. The highest BCUT2D eigenvalue weighted by molar-refractivity contribution is 5.86. The molecule has 0 aliphatic heterocycles. The summed E-state index contributed by atoms with van der Waals surface area (Å²) in [4.78, 5) is 12.5.